The third-order valence-corrected chi connectivity index (χ3v) is 3.16. The SMILES string of the molecule is CN(C)c1ccc2cc(-c3ncccn3)ccc2c1. The number of aromatic nitrogens is 2. The van der Waals surface area contributed by atoms with Gasteiger partial charge in [-0.25, -0.2) is 9.97 Å². The number of nitrogens with zero attached hydrogens (tertiary/aromatic N) is 3. The summed E-state index contributed by atoms with van der Waals surface area (Å²) in [5.74, 6) is 0.765. The van der Waals surface area contributed by atoms with Crippen molar-refractivity contribution in [3.63, 3.8) is 0 Å². The summed E-state index contributed by atoms with van der Waals surface area (Å²) in [6, 6.07) is 14.6. The molecule has 3 heteroatoms. The van der Waals surface area contributed by atoms with E-state index in [4.69, 9.17) is 0 Å². The van der Waals surface area contributed by atoms with Crippen molar-refractivity contribution in [2.75, 3.05) is 19.0 Å². The molecular weight excluding hydrogens is 234 g/mol. The van der Waals surface area contributed by atoms with Gasteiger partial charge in [-0.3, -0.25) is 0 Å². The van der Waals surface area contributed by atoms with Crippen LogP contribution in [-0.2, 0) is 0 Å². The topological polar surface area (TPSA) is 29.0 Å². The van der Waals surface area contributed by atoms with E-state index in [1.807, 2.05) is 20.2 Å². The lowest BCUT2D eigenvalue weighted by molar-refractivity contribution is 1.13. The summed E-state index contributed by atoms with van der Waals surface area (Å²) in [5, 5.41) is 2.43. The van der Waals surface area contributed by atoms with Crippen LogP contribution in [0.25, 0.3) is 22.2 Å². The van der Waals surface area contributed by atoms with Crippen LogP contribution in [0.4, 0.5) is 5.69 Å². The molecule has 3 aromatic rings. The number of hydrogen-bond acceptors (Lipinski definition) is 3. The van der Waals surface area contributed by atoms with Crippen molar-refractivity contribution in [2.24, 2.45) is 0 Å². The van der Waals surface area contributed by atoms with Crippen LogP contribution in [0.3, 0.4) is 0 Å². The second kappa shape index (κ2) is 4.69. The first-order valence-electron chi connectivity index (χ1n) is 6.22. The third kappa shape index (κ3) is 2.27. The van der Waals surface area contributed by atoms with Crippen molar-refractivity contribution < 1.29 is 0 Å². The molecule has 0 aliphatic rings. The van der Waals surface area contributed by atoms with Gasteiger partial charge in [0.1, 0.15) is 0 Å². The number of benzene rings is 2. The van der Waals surface area contributed by atoms with Gasteiger partial charge < -0.3 is 4.90 Å². The van der Waals surface area contributed by atoms with Crippen LogP contribution in [0, 0.1) is 0 Å². The number of hydrogen-bond donors (Lipinski definition) is 0. The lowest BCUT2D eigenvalue weighted by Crippen LogP contribution is -2.07. The van der Waals surface area contributed by atoms with Gasteiger partial charge in [-0.05, 0) is 35.0 Å². The summed E-state index contributed by atoms with van der Waals surface area (Å²) in [6.07, 6.45) is 3.53. The van der Waals surface area contributed by atoms with Crippen LogP contribution in [0.15, 0.2) is 54.9 Å². The maximum absolute atomic E-state index is 4.28. The van der Waals surface area contributed by atoms with Crippen LogP contribution in [0.1, 0.15) is 0 Å². The van der Waals surface area contributed by atoms with E-state index in [1.165, 1.54) is 16.5 Å². The zero-order valence-corrected chi connectivity index (χ0v) is 11.0. The maximum atomic E-state index is 4.28. The molecule has 0 bridgehead atoms. The Kier molecular flexibility index (Phi) is 2.88. The van der Waals surface area contributed by atoms with Crippen molar-refractivity contribution in [2.45, 2.75) is 0 Å². The van der Waals surface area contributed by atoms with Crippen LogP contribution >= 0.6 is 0 Å². The molecular formula is C16H15N3. The molecule has 0 N–H and O–H groups in total. The second-order valence-electron chi connectivity index (χ2n) is 4.71. The Morgan fingerprint density at radius 3 is 2.26 bits per heavy atom. The zero-order chi connectivity index (χ0) is 13.2. The molecule has 2 aromatic carbocycles. The van der Waals surface area contributed by atoms with Gasteiger partial charge in [0.05, 0.1) is 0 Å². The first kappa shape index (κ1) is 11.7. The van der Waals surface area contributed by atoms with Gasteiger partial charge >= 0.3 is 0 Å². The predicted octanol–water partition coefficient (Wildman–Crippen LogP) is 3.36. The molecule has 0 unspecified atom stereocenters. The zero-order valence-electron chi connectivity index (χ0n) is 11.0. The molecule has 0 amide bonds. The lowest BCUT2D eigenvalue weighted by Gasteiger charge is -2.13. The molecule has 0 aliphatic carbocycles. The first-order valence-corrected chi connectivity index (χ1v) is 6.22. The van der Waals surface area contributed by atoms with E-state index in [1.54, 1.807) is 12.4 Å². The Bertz CT molecular complexity index is 706. The van der Waals surface area contributed by atoms with E-state index in [0.29, 0.717) is 0 Å². The normalized spacial score (nSPS) is 10.6. The third-order valence-electron chi connectivity index (χ3n) is 3.16. The predicted molar refractivity (Wildman–Crippen MR) is 79.3 cm³/mol. The highest BCUT2D eigenvalue weighted by atomic mass is 15.1. The molecule has 0 atom stereocenters. The van der Waals surface area contributed by atoms with E-state index >= 15 is 0 Å². The summed E-state index contributed by atoms with van der Waals surface area (Å²) in [4.78, 5) is 10.7. The molecule has 0 spiro atoms. The summed E-state index contributed by atoms with van der Waals surface area (Å²) >= 11 is 0. The molecule has 94 valence electrons. The molecule has 3 rings (SSSR count). The highest BCUT2D eigenvalue weighted by molar-refractivity contribution is 5.89. The van der Waals surface area contributed by atoms with Crippen LogP contribution in [0.2, 0.25) is 0 Å². The molecule has 3 nitrogen and oxygen atoms in total. The molecule has 1 heterocycles. The van der Waals surface area contributed by atoms with Gasteiger partial charge in [-0.15, -0.1) is 0 Å². The van der Waals surface area contributed by atoms with E-state index in [2.05, 4.69) is 51.3 Å². The molecule has 0 radical (unpaired) electrons. The highest BCUT2D eigenvalue weighted by Gasteiger charge is 2.03. The fourth-order valence-electron chi connectivity index (χ4n) is 2.10. The standard InChI is InChI=1S/C16H15N3/c1-19(2)15-7-6-12-10-14(5-4-13(12)11-15)16-17-8-3-9-18-16/h3-11H,1-2H3. The lowest BCUT2D eigenvalue weighted by atomic mass is 10.1. The average molecular weight is 249 g/mol. The minimum Gasteiger partial charge on any atom is -0.378 e. The van der Waals surface area contributed by atoms with Crippen molar-refractivity contribution in [1.29, 1.82) is 0 Å². The van der Waals surface area contributed by atoms with Crippen molar-refractivity contribution in [3.05, 3.63) is 54.9 Å². The van der Waals surface area contributed by atoms with Gasteiger partial charge in [0.2, 0.25) is 0 Å². The van der Waals surface area contributed by atoms with Gasteiger partial charge in [0.25, 0.3) is 0 Å². The van der Waals surface area contributed by atoms with Crippen molar-refractivity contribution in [1.82, 2.24) is 9.97 Å². The summed E-state index contributed by atoms with van der Waals surface area (Å²) in [6.45, 7) is 0. The minimum absolute atomic E-state index is 0.765. The number of fused-ring (bicyclic) bond motifs is 1. The van der Waals surface area contributed by atoms with E-state index in [0.717, 1.165) is 11.4 Å². The van der Waals surface area contributed by atoms with Crippen LogP contribution < -0.4 is 4.90 Å². The molecule has 1 aromatic heterocycles. The van der Waals surface area contributed by atoms with Crippen LogP contribution in [-0.4, -0.2) is 24.1 Å². The molecule has 0 fully saturated rings. The Labute approximate surface area is 112 Å². The Morgan fingerprint density at radius 1 is 0.842 bits per heavy atom. The van der Waals surface area contributed by atoms with Gasteiger partial charge in [0, 0.05) is 37.7 Å². The van der Waals surface area contributed by atoms with Gasteiger partial charge in [-0.1, -0.05) is 18.2 Å². The monoisotopic (exact) mass is 249 g/mol. The van der Waals surface area contributed by atoms with E-state index in [-0.39, 0.29) is 0 Å². The molecule has 0 saturated carbocycles. The molecule has 0 saturated heterocycles. The summed E-state index contributed by atoms with van der Waals surface area (Å²) < 4.78 is 0. The highest BCUT2D eigenvalue weighted by Crippen LogP contribution is 2.25. The number of anilines is 1. The van der Waals surface area contributed by atoms with Crippen molar-refractivity contribution in [3.8, 4) is 11.4 Å². The fraction of sp³-hybridized carbons (Fsp3) is 0.125. The molecule has 19 heavy (non-hydrogen) atoms. The van der Waals surface area contributed by atoms with Crippen molar-refractivity contribution >= 4 is 16.5 Å². The smallest absolute Gasteiger partial charge is 0.159 e. The van der Waals surface area contributed by atoms with Crippen LogP contribution in [0.5, 0.6) is 0 Å². The summed E-state index contributed by atoms with van der Waals surface area (Å²) in [5.41, 5.74) is 2.25. The molecule has 0 aliphatic heterocycles. The minimum atomic E-state index is 0.765. The Hall–Kier alpha value is -2.42. The second-order valence-corrected chi connectivity index (χ2v) is 4.71. The quantitative estimate of drug-likeness (QED) is 0.697. The fourth-order valence-corrected chi connectivity index (χ4v) is 2.10. The van der Waals surface area contributed by atoms with Gasteiger partial charge in [0.15, 0.2) is 5.82 Å². The van der Waals surface area contributed by atoms with E-state index < -0.39 is 0 Å². The van der Waals surface area contributed by atoms with Gasteiger partial charge in [-0.2, -0.15) is 0 Å². The summed E-state index contributed by atoms with van der Waals surface area (Å²) in [7, 11) is 4.10. The largest absolute Gasteiger partial charge is 0.378 e. The Morgan fingerprint density at radius 2 is 1.53 bits per heavy atom. The van der Waals surface area contributed by atoms with E-state index in [9.17, 15) is 0 Å². The Balaban J connectivity index is 2.10. The average Bonchev–Trinajstić information content (AvgIpc) is 2.47. The maximum Gasteiger partial charge on any atom is 0.159 e. The number of rotatable bonds is 2. The first-order chi connectivity index (χ1) is 9.24.